The van der Waals surface area contributed by atoms with Gasteiger partial charge in [-0.2, -0.15) is 5.10 Å². The lowest BCUT2D eigenvalue weighted by molar-refractivity contribution is 0.283. The summed E-state index contributed by atoms with van der Waals surface area (Å²) >= 11 is 0. The van der Waals surface area contributed by atoms with Gasteiger partial charge in [-0.3, -0.25) is 0 Å². The molecule has 0 spiro atoms. The SMILES string of the molecule is CCCc1nc(-c2cccc(-c3cc(-c4cc(-c5ccc(C(C)(C)CC(C)(C)C)cc5)cc(-c5ccc(C(C)(C)CC(C)(C)C)cc5)c4)cc(-c4cc(-c5ccc(C(C)(C)CC(C)(C)C)cc5)cc(-c5ccc(C(C)(C)CC(C)(C)C)cc5)c4)c3)c2)n(C)n1. The van der Waals surface area contributed by atoms with Crippen LogP contribution in [0.4, 0.5) is 0 Å². The monoisotopic (exact) mass is 1180 g/mol. The Morgan fingerprint density at radius 1 is 0.281 bits per heavy atom. The summed E-state index contributed by atoms with van der Waals surface area (Å²) in [5, 5.41) is 4.85. The largest absolute Gasteiger partial charge is 0.249 e. The molecule has 89 heavy (non-hydrogen) atoms. The van der Waals surface area contributed by atoms with Gasteiger partial charge < -0.3 is 0 Å². The molecule has 0 amide bonds. The molecule has 0 aliphatic heterocycles. The zero-order valence-corrected chi connectivity index (χ0v) is 58.8. The van der Waals surface area contributed by atoms with Gasteiger partial charge in [0, 0.05) is 19.0 Å². The minimum Gasteiger partial charge on any atom is -0.249 e. The van der Waals surface area contributed by atoms with Crippen molar-refractivity contribution in [1.82, 2.24) is 14.8 Å². The lowest BCUT2D eigenvalue weighted by atomic mass is 9.72. The third-order valence-corrected chi connectivity index (χ3v) is 18.1. The summed E-state index contributed by atoms with van der Waals surface area (Å²) in [5.74, 6) is 1.76. The fourth-order valence-corrected chi connectivity index (χ4v) is 15.4. The highest BCUT2D eigenvalue weighted by atomic mass is 15.3. The average molecular weight is 1180 g/mol. The van der Waals surface area contributed by atoms with Crippen molar-refractivity contribution in [3.63, 3.8) is 0 Å². The first-order chi connectivity index (χ1) is 41.3. The molecule has 3 nitrogen and oxygen atoms in total. The fraction of sp³-hybridized carbons (Fsp3) is 0.419. The Morgan fingerprint density at radius 2 is 0.506 bits per heavy atom. The van der Waals surface area contributed by atoms with Gasteiger partial charge in [-0.05, 0) is 236 Å². The summed E-state index contributed by atoms with van der Waals surface area (Å²) in [6.45, 7) is 49.5. The Labute approximate surface area is 539 Å². The summed E-state index contributed by atoms with van der Waals surface area (Å²) in [4.78, 5) is 5.08. The predicted molar refractivity (Wildman–Crippen MR) is 387 cm³/mol. The molecule has 0 bridgehead atoms. The Bertz CT molecular complexity index is 3510. The van der Waals surface area contributed by atoms with Gasteiger partial charge in [-0.1, -0.05) is 261 Å². The highest BCUT2D eigenvalue weighted by Gasteiger charge is 2.31. The van der Waals surface area contributed by atoms with E-state index in [-0.39, 0.29) is 43.3 Å². The van der Waals surface area contributed by atoms with Crippen LogP contribution in [0.1, 0.15) is 206 Å². The first-order valence-electron chi connectivity index (χ1n) is 33.2. The molecule has 1 aromatic heterocycles. The number of aryl methyl sites for hydroxylation is 2. The Hall–Kier alpha value is -7.10. The number of rotatable bonds is 18. The van der Waals surface area contributed by atoms with E-state index in [1.165, 1.54) is 77.9 Å². The third kappa shape index (κ3) is 16.7. The first kappa shape index (κ1) is 66.3. The molecular formula is C86H107N3. The molecule has 0 radical (unpaired) electrons. The number of aromatic nitrogens is 3. The maximum absolute atomic E-state index is 5.08. The molecule has 9 rings (SSSR count). The fourth-order valence-electron chi connectivity index (χ4n) is 15.4. The van der Waals surface area contributed by atoms with E-state index in [0.717, 1.165) is 78.0 Å². The van der Waals surface area contributed by atoms with Crippen molar-refractivity contribution < 1.29 is 0 Å². The van der Waals surface area contributed by atoms with Crippen LogP contribution in [-0.4, -0.2) is 14.8 Å². The summed E-state index contributed by atoms with van der Waals surface area (Å²) in [5.41, 5.74) is 24.0. The molecule has 0 fully saturated rings. The standard InChI is InChI=1S/C86H107N3/c1-23-25-77-87-78(89(22)88-77)63-27-24-26-62(44-63)68-51-71(69-47-64(58-28-36-73(37-29-58)83(14,15)54-79(2,3)4)45-65(48-69)59-30-38-74(39-31-59)84(16,17)55-80(5,6)7)53-72(52-68)70-49-66(60-32-40-75(41-33-60)85(18,19)56-81(8,9)10)46-67(50-70)61-34-42-76(43-35-61)86(20,21)57-82(11,12)13/h24,26-53H,23,25,54-57H2,1-22H3. The molecule has 0 saturated heterocycles. The van der Waals surface area contributed by atoms with Gasteiger partial charge >= 0.3 is 0 Å². The van der Waals surface area contributed by atoms with Crippen LogP contribution in [0.5, 0.6) is 0 Å². The molecule has 0 aliphatic rings. The molecule has 0 aliphatic carbocycles. The highest BCUT2D eigenvalue weighted by molar-refractivity contribution is 5.89. The average Bonchev–Trinajstić information content (AvgIpc) is 2.14. The van der Waals surface area contributed by atoms with Crippen LogP contribution in [0.15, 0.2) is 176 Å². The molecule has 0 atom stereocenters. The molecule has 0 saturated carbocycles. The molecule has 8 aromatic carbocycles. The second-order valence-corrected chi connectivity index (χ2v) is 34.0. The van der Waals surface area contributed by atoms with E-state index in [4.69, 9.17) is 10.1 Å². The van der Waals surface area contributed by atoms with Crippen molar-refractivity contribution in [1.29, 1.82) is 0 Å². The minimum absolute atomic E-state index is 0.0289. The number of nitrogens with zero attached hydrogens (tertiary/aromatic N) is 3. The van der Waals surface area contributed by atoms with E-state index in [2.05, 4.69) is 321 Å². The van der Waals surface area contributed by atoms with Crippen LogP contribution in [0.3, 0.4) is 0 Å². The molecule has 3 heteroatoms. The van der Waals surface area contributed by atoms with Crippen molar-refractivity contribution in [2.24, 2.45) is 28.7 Å². The second kappa shape index (κ2) is 24.9. The summed E-state index contributed by atoms with van der Waals surface area (Å²) < 4.78 is 1.94. The maximum Gasteiger partial charge on any atom is 0.158 e. The maximum atomic E-state index is 5.08. The zero-order valence-electron chi connectivity index (χ0n) is 58.8. The van der Waals surface area contributed by atoms with Crippen LogP contribution in [0.25, 0.3) is 89.3 Å². The Balaban J connectivity index is 1.28. The van der Waals surface area contributed by atoms with Gasteiger partial charge in [-0.25, -0.2) is 9.67 Å². The topological polar surface area (TPSA) is 30.7 Å². The lowest BCUT2D eigenvalue weighted by Crippen LogP contribution is -2.24. The highest BCUT2D eigenvalue weighted by Crippen LogP contribution is 2.45. The zero-order chi connectivity index (χ0) is 64.9. The van der Waals surface area contributed by atoms with Crippen molar-refractivity contribution in [2.45, 2.75) is 206 Å². The van der Waals surface area contributed by atoms with Crippen molar-refractivity contribution >= 4 is 0 Å². The third-order valence-electron chi connectivity index (χ3n) is 18.1. The summed E-state index contributed by atoms with van der Waals surface area (Å²) in [6, 6.07) is 68.6. The normalized spacial score (nSPS) is 13.1. The first-order valence-corrected chi connectivity index (χ1v) is 33.2. The van der Waals surface area contributed by atoms with Crippen LogP contribution < -0.4 is 0 Å². The van der Waals surface area contributed by atoms with Gasteiger partial charge in [0.15, 0.2) is 11.6 Å². The molecule has 0 unspecified atom stereocenters. The van der Waals surface area contributed by atoms with Crippen molar-refractivity contribution in [2.75, 3.05) is 0 Å². The smallest absolute Gasteiger partial charge is 0.158 e. The van der Waals surface area contributed by atoms with E-state index in [1.807, 2.05) is 11.7 Å². The lowest BCUT2D eigenvalue weighted by Gasteiger charge is -2.33. The van der Waals surface area contributed by atoms with E-state index < -0.39 is 0 Å². The Kier molecular flexibility index (Phi) is 18.6. The van der Waals surface area contributed by atoms with Crippen molar-refractivity contribution in [3.8, 4) is 89.3 Å². The predicted octanol–water partition coefficient (Wildman–Crippen LogP) is 25.0. The van der Waals surface area contributed by atoms with Gasteiger partial charge in [0.05, 0.1) is 0 Å². The van der Waals surface area contributed by atoms with Crippen LogP contribution in [-0.2, 0) is 35.1 Å². The minimum atomic E-state index is 0.0289. The van der Waals surface area contributed by atoms with E-state index in [1.54, 1.807) is 0 Å². The number of hydrogen-bond acceptors (Lipinski definition) is 2. The van der Waals surface area contributed by atoms with Crippen molar-refractivity contribution in [3.05, 3.63) is 204 Å². The molecule has 466 valence electrons. The summed E-state index contributed by atoms with van der Waals surface area (Å²) in [6.07, 6.45) is 6.22. The van der Waals surface area contributed by atoms with Crippen LogP contribution in [0.2, 0.25) is 0 Å². The molecule has 1 heterocycles. The second-order valence-electron chi connectivity index (χ2n) is 34.0. The molecular weight excluding hydrogens is 1070 g/mol. The van der Waals surface area contributed by atoms with E-state index in [9.17, 15) is 0 Å². The van der Waals surface area contributed by atoms with Gasteiger partial charge in [0.25, 0.3) is 0 Å². The van der Waals surface area contributed by atoms with Crippen LogP contribution >= 0.6 is 0 Å². The Morgan fingerprint density at radius 3 is 0.753 bits per heavy atom. The number of hydrogen-bond donors (Lipinski definition) is 0. The molecule has 0 N–H and O–H groups in total. The van der Waals surface area contributed by atoms with E-state index >= 15 is 0 Å². The van der Waals surface area contributed by atoms with Gasteiger partial charge in [-0.15, -0.1) is 0 Å². The van der Waals surface area contributed by atoms with E-state index in [0.29, 0.717) is 0 Å². The quantitative estimate of drug-likeness (QED) is 0.0857. The number of benzene rings is 8. The van der Waals surface area contributed by atoms with Gasteiger partial charge in [0.2, 0.25) is 0 Å². The van der Waals surface area contributed by atoms with Crippen LogP contribution in [0, 0.1) is 21.7 Å². The molecule has 9 aromatic rings. The van der Waals surface area contributed by atoms with Gasteiger partial charge in [0.1, 0.15) is 0 Å². The summed E-state index contributed by atoms with van der Waals surface area (Å²) in [7, 11) is 2.02.